The van der Waals surface area contributed by atoms with Gasteiger partial charge in [-0.1, -0.05) is 6.07 Å². The van der Waals surface area contributed by atoms with Crippen molar-refractivity contribution in [3.05, 3.63) is 63.8 Å². The van der Waals surface area contributed by atoms with Crippen molar-refractivity contribution in [2.75, 3.05) is 37.7 Å². The van der Waals surface area contributed by atoms with Gasteiger partial charge in [-0.05, 0) is 81.1 Å². The first-order chi connectivity index (χ1) is 15.8. The topological polar surface area (TPSA) is 75.6 Å². The zero-order chi connectivity index (χ0) is 23.7. The molecule has 0 aliphatic carbocycles. The summed E-state index contributed by atoms with van der Waals surface area (Å²) in [5, 5.41) is 0. The summed E-state index contributed by atoms with van der Waals surface area (Å²) in [6, 6.07) is 9.76. The number of ether oxygens (including phenoxy) is 1. The molecule has 0 N–H and O–H groups in total. The molecule has 0 bridgehead atoms. The molecule has 0 saturated carbocycles. The number of nitrogens with zero attached hydrogens (tertiary/aromatic N) is 4. The third kappa shape index (κ3) is 4.53. The number of aromatic nitrogens is 2. The van der Waals surface area contributed by atoms with Gasteiger partial charge in [0, 0.05) is 31.7 Å². The van der Waals surface area contributed by atoms with E-state index in [1.807, 2.05) is 67.8 Å². The van der Waals surface area contributed by atoms with Gasteiger partial charge in [0.05, 0.1) is 17.6 Å². The van der Waals surface area contributed by atoms with Gasteiger partial charge in [0.2, 0.25) is 0 Å². The van der Waals surface area contributed by atoms with E-state index in [4.69, 9.17) is 9.72 Å². The fraction of sp³-hybridized carbons (Fsp3) is 0.385. The Hall–Kier alpha value is -3.48. The first-order valence-electron chi connectivity index (χ1n) is 11.4. The maximum atomic E-state index is 13.0. The Balaban J connectivity index is 1.60. The van der Waals surface area contributed by atoms with Gasteiger partial charge < -0.3 is 14.5 Å². The molecule has 7 nitrogen and oxygen atoms in total. The van der Waals surface area contributed by atoms with Crippen LogP contribution >= 0.6 is 0 Å². The zero-order valence-electron chi connectivity index (χ0n) is 19.9. The molecule has 1 aromatic heterocycles. The lowest BCUT2D eigenvalue weighted by Crippen LogP contribution is -2.49. The van der Waals surface area contributed by atoms with Crippen LogP contribution in [0, 0.1) is 27.7 Å². The van der Waals surface area contributed by atoms with Gasteiger partial charge in [0.15, 0.2) is 11.5 Å². The van der Waals surface area contributed by atoms with Crippen LogP contribution in [0.3, 0.4) is 0 Å². The van der Waals surface area contributed by atoms with E-state index in [1.165, 1.54) is 5.56 Å². The highest BCUT2D eigenvalue weighted by Gasteiger charge is 2.28. The van der Waals surface area contributed by atoms with E-state index in [-0.39, 0.29) is 18.2 Å². The highest BCUT2D eigenvalue weighted by Crippen LogP contribution is 2.25. The van der Waals surface area contributed by atoms with Gasteiger partial charge >= 0.3 is 5.97 Å². The fourth-order valence-electron chi connectivity index (χ4n) is 4.04. The van der Waals surface area contributed by atoms with E-state index in [2.05, 4.69) is 4.98 Å². The Bertz CT molecular complexity index is 1230. The number of esters is 1. The number of hydrogen-bond donors (Lipinski definition) is 0. The van der Waals surface area contributed by atoms with Crippen molar-refractivity contribution in [1.29, 1.82) is 0 Å². The summed E-state index contributed by atoms with van der Waals surface area (Å²) in [5.74, 6) is 0.0651. The summed E-state index contributed by atoms with van der Waals surface area (Å²) in [5.41, 5.74) is 6.84. The summed E-state index contributed by atoms with van der Waals surface area (Å²) in [4.78, 5) is 39.0. The number of aryl methyl sites for hydroxylation is 4. The monoisotopic (exact) mass is 446 g/mol. The molecule has 0 unspecified atom stereocenters. The summed E-state index contributed by atoms with van der Waals surface area (Å²) in [6.45, 7) is 12.4. The predicted molar refractivity (Wildman–Crippen MR) is 129 cm³/mol. The Morgan fingerprint density at radius 2 is 1.45 bits per heavy atom. The minimum atomic E-state index is -0.478. The molecule has 1 saturated heterocycles. The first-order valence-corrected chi connectivity index (χ1v) is 11.4. The van der Waals surface area contributed by atoms with Crippen molar-refractivity contribution in [3.63, 3.8) is 0 Å². The second-order valence-electron chi connectivity index (χ2n) is 8.62. The maximum absolute atomic E-state index is 13.0. The average Bonchev–Trinajstić information content (AvgIpc) is 2.81. The number of carbonyl (C=O) groups is 2. The molecular formula is C26H30N4O3. The van der Waals surface area contributed by atoms with Crippen LogP contribution in [0.25, 0.3) is 11.0 Å². The lowest BCUT2D eigenvalue weighted by molar-refractivity contribution is 0.0519. The molecule has 0 atom stereocenters. The van der Waals surface area contributed by atoms with E-state index in [1.54, 1.807) is 6.92 Å². The van der Waals surface area contributed by atoms with Crippen LogP contribution in [0.4, 0.5) is 5.82 Å². The highest BCUT2D eigenvalue weighted by atomic mass is 16.5. The molecule has 1 amide bonds. The smallest absolute Gasteiger partial charge is 0.360 e. The molecule has 3 aromatic rings. The number of hydrogen-bond acceptors (Lipinski definition) is 6. The summed E-state index contributed by atoms with van der Waals surface area (Å²) in [7, 11) is 0. The molecule has 2 heterocycles. The van der Waals surface area contributed by atoms with Crippen LogP contribution in [0.2, 0.25) is 0 Å². The predicted octanol–water partition coefficient (Wildman–Crippen LogP) is 4.00. The molecular weight excluding hydrogens is 416 g/mol. The van der Waals surface area contributed by atoms with Gasteiger partial charge in [0.25, 0.3) is 5.91 Å². The number of piperazine rings is 1. The van der Waals surface area contributed by atoms with Crippen molar-refractivity contribution in [2.24, 2.45) is 0 Å². The Morgan fingerprint density at radius 1 is 0.848 bits per heavy atom. The van der Waals surface area contributed by atoms with E-state index >= 15 is 0 Å². The third-order valence-corrected chi connectivity index (χ3v) is 6.35. The van der Waals surface area contributed by atoms with Gasteiger partial charge in [0.1, 0.15) is 0 Å². The van der Waals surface area contributed by atoms with Crippen LogP contribution in [-0.4, -0.2) is 59.5 Å². The molecule has 172 valence electrons. The third-order valence-electron chi connectivity index (χ3n) is 6.35. The van der Waals surface area contributed by atoms with Crippen molar-refractivity contribution >= 4 is 28.7 Å². The van der Waals surface area contributed by atoms with Crippen molar-refractivity contribution < 1.29 is 14.3 Å². The van der Waals surface area contributed by atoms with E-state index in [9.17, 15) is 9.59 Å². The van der Waals surface area contributed by atoms with Crippen molar-refractivity contribution in [2.45, 2.75) is 34.6 Å². The van der Waals surface area contributed by atoms with Crippen molar-refractivity contribution in [3.8, 4) is 0 Å². The SMILES string of the molecule is CCOC(=O)c1nc2cc(C)c(C)cc2nc1N1CCN(C(=O)c2ccc(C)c(C)c2)CC1. The number of anilines is 1. The standard InChI is InChI=1S/C26H30N4O3/c1-6-33-26(32)23-24(28-22-15-19(5)18(4)14-21(22)27-23)29-9-11-30(12-10-29)25(31)20-8-7-16(2)17(3)13-20/h7-8,13-15H,6,9-12H2,1-5H3. The van der Waals surface area contributed by atoms with Gasteiger partial charge in [-0.3, -0.25) is 4.79 Å². The van der Waals surface area contributed by atoms with Crippen LogP contribution < -0.4 is 4.90 Å². The lowest BCUT2D eigenvalue weighted by atomic mass is 10.1. The fourth-order valence-corrected chi connectivity index (χ4v) is 4.04. The first kappa shape index (κ1) is 22.7. The van der Waals surface area contributed by atoms with E-state index < -0.39 is 5.97 Å². The number of rotatable bonds is 4. The number of carbonyl (C=O) groups excluding carboxylic acids is 2. The molecule has 4 rings (SSSR count). The minimum absolute atomic E-state index is 0.0269. The molecule has 1 aliphatic rings. The molecule has 2 aromatic carbocycles. The lowest BCUT2D eigenvalue weighted by Gasteiger charge is -2.36. The van der Waals surface area contributed by atoms with E-state index in [0.717, 1.165) is 22.2 Å². The van der Waals surface area contributed by atoms with Crippen LogP contribution in [0.1, 0.15) is 50.0 Å². The molecule has 1 fully saturated rings. The second-order valence-corrected chi connectivity index (χ2v) is 8.62. The van der Waals surface area contributed by atoms with Crippen molar-refractivity contribution in [1.82, 2.24) is 14.9 Å². The molecule has 0 radical (unpaired) electrons. The van der Waals surface area contributed by atoms with Gasteiger partial charge in [-0.2, -0.15) is 0 Å². The van der Waals surface area contributed by atoms with Gasteiger partial charge in [-0.15, -0.1) is 0 Å². The molecule has 33 heavy (non-hydrogen) atoms. The number of benzene rings is 2. The highest BCUT2D eigenvalue weighted by molar-refractivity contribution is 5.96. The zero-order valence-corrected chi connectivity index (χ0v) is 19.9. The Morgan fingerprint density at radius 3 is 2.06 bits per heavy atom. The Labute approximate surface area is 194 Å². The van der Waals surface area contributed by atoms with Gasteiger partial charge in [-0.25, -0.2) is 14.8 Å². The summed E-state index contributed by atoms with van der Waals surface area (Å²) < 4.78 is 5.27. The minimum Gasteiger partial charge on any atom is -0.461 e. The largest absolute Gasteiger partial charge is 0.461 e. The molecule has 1 aliphatic heterocycles. The molecule has 0 spiro atoms. The maximum Gasteiger partial charge on any atom is 0.360 e. The quantitative estimate of drug-likeness (QED) is 0.564. The Kier molecular flexibility index (Phi) is 6.31. The summed E-state index contributed by atoms with van der Waals surface area (Å²) >= 11 is 0. The summed E-state index contributed by atoms with van der Waals surface area (Å²) in [6.07, 6.45) is 0. The van der Waals surface area contributed by atoms with Crippen LogP contribution in [0.15, 0.2) is 30.3 Å². The second kappa shape index (κ2) is 9.17. The molecule has 7 heteroatoms. The number of amides is 1. The average molecular weight is 447 g/mol. The van der Waals surface area contributed by atoms with Crippen LogP contribution in [0.5, 0.6) is 0 Å². The van der Waals surface area contributed by atoms with E-state index in [0.29, 0.717) is 43.1 Å². The van der Waals surface area contributed by atoms with Crippen LogP contribution in [-0.2, 0) is 4.74 Å². The number of fused-ring (bicyclic) bond motifs is 1. The normalized spacial score (nSPS) is 14.0.